The Bertz CT molecular complexity index is 701. The Morgan fingerprint density at radius 3 is 2.37 bits per heavy atom. The van der Waals surface area contributed by atoms with Crippen molar-refractivity contribution in [2.75, 3.05) is 19.6 Å². The molecule has 1 heterocycles. The van der Waals surface area contributed by atoms with Crippen molar-refractivity contribution in [2.24, 2.45) is 4.99 Å². The molecule has 148 valence electrons. The molecule has 1 amide bonds. The number of aliphatic imine (C=N–C) groups is 1. The lowest BCUT2D eigenvalue weighted by Gasteiger charge is -2.15. The van der Waals surface area contributed by atoms with Crippen LogP contribution >= 0.6 is 35.3 Å². The number of thiophene rings is 1. The van der Waals surface area contributed by atoms with Gasteiger partial charge in [-0.3, -0.25) is 4.79 Å². The van der Waals surface area contributed by atoms with Crippen LogP contribution < -0.4 is 16.0 Å². The number of rotatable bonds is 8. The number of hydrogen-bond donors (Lipinski definition) is 3. The van der Waals surface area contributed by atoms with Crippen LogP contribution in [-0.4, -0.2) is 31.5 Å². The average molecular weight is 500 g/mol. The predicted molar refractivity (Wildman–Crippen MR) is 125 cm³/mol. The van der Waals surface area contributed by atoms with Crippen LogP contribution in [0.5, 0.6) is 0 Å². The minimum absolute atomic E-state index is 0. The number of nitrogens with zero attached hydrogens (tertiary/aromatic N) is 1. The van der Waals surface area contributed by atoms with Crippen molar-refractivity contribution in [3.8, 4) is 0 Å². The van der Waals surface area contributed by atoms with Crippen molar-refractivity contribution in [3.05, 3.63) is 57.8 Å². The van der Waals surface area contributed by atoms with E-state index in [2.05, 4.69) is 51.6 Å². The third-order valence-corrected chi connectivity index (χ3v) is 4.71. The predicted octanol–water partition coefficient (Wildman–Crippen LogP) is 3.97. The lowest BCUT2D eigenvalue weighted by atomic mass is 10.1. The van der Waals surface area contributed by atoms with E-state index in [1.807, 2.05) is 31.2 Å². The second-order valence-electron chi connectivity index (χ2n) is 6.09. The highest BCUT2D eigenvalue weighted by Crippen LogP contribution is 2.17. The van der Waals surface area contributed by atoms with Gasteiger partial charge in [0.15, 0.2) is 5.96 Å². The smallest absolute Gasteiger partial charge is 0.251 e. The number of benzene rings is 1. The highest BCUT2D eigenvalue weighted by Gasteiger charge is 2.07. The Hall–Kier alpha value is -1.61. The van der Waals surface area contributed by atoms with Crippen molar-refractivity contribution < 1.29 is 4.79 Å². The zero-order valence-corrected chi connectivity index (χ0v) is 19.3. The third-order valence-electron chi connectivity index (χ3n) is 4.01. The lowest BCUT2D eigenvalue weighted by molar-refractivity contribution is 0.0956. The maximum atomic E-state index is 11.8. The van der Waals surface area contributed by atoms with Crippen molar-refractivity contribution in [1.82, 2.24) is 16.0 Å². The fourth-order valence-electron chi connectivity index (χ4n) is 2.46. The SMILES string of the molecule is CCNC(=O)c1ccc(CN=C(NCC)NCC(C)c2ccsc2)cc1.I. The highest BCUT2D eigenvalue weighted by atomic mass is 127. The first kappa shape index (κ1) is 23.4. The van der Waals surface area contributed by atoms with Crippen molar-refractivity contribution >= 4 is 47.2 Å². The fourth-order valence-corrected chi connectivity index (χ4v) is 3.24. The van der Waals surface area contributed by atoms with Gasteiger partial charge in [0.1, 0.15) is 0 Å². The Balaban J connectivity index is 0.00000364. The molecule has 7 heteroatoms. The summed E-state index contributed by atoms with van der Waals surface area (Å²) in [6.07, 6.45) is 0. The van der Waals surface area contributed by atoms with E-state index in [0.717, 1.165) is 24.6 Å². The largest absolute Gasteiger partial charge is 0.357 e. The summed E-state index contributed by atoms with van der Waals surface area (Å²) in [5.41, 5.74) is 3.09. The number of hydrogen-bond acceptors (Lipinski definition) is 3. The van der Waals surface area contributed by atoms with E-state index in [4.69, 9.17) is 0 Å². The molecule has 2 aromatic rings. The first-order valence-corrected chi connectivity index (χ1v) is 9.99. The number of carbonyl (C=O) groups excluding carboxylic acids is 1. The zero-order valence-electron chi connectivity index (χ0n) is 16.1. The van der Waals surface area contributed by atoms with E-state index in [0.29, 0.717) is 24.6 Å². The average Bonchev–Trinajstić information content (AvgIpc) is 3.19. The first-order valence-electron chi connectivity index (χ1n) is 9.05. The standard InChI is InChI=1S/C20H28N4OS.HI/c1-4-21-19(25)17-8-6-16(7-9-17)13-24-20(22-5-2)23-12-15(3)18-10-11-26-14-18;/h6-11,14-15H,4-5,12-13H2,1-3H3,(H,21,25)(H2,22,23,24);1H. The van der Waals surface area contributed by atoms with Crippen LogP contribution in [0.15, 0.2) is 46.1 Å². The first-order chi connectivity index (χ1) is 12.6. The van der Waals surface area contributed by atoms with Crippen molar-refractivity contribution in [1.29, 1.82) is 0 Å². The van der Waals surface area contributed by atoms with Gasteiger partial charge in [-0.15, -0.1) is 24.0 Å². The second-order valence-corrected chi connectivity index (χ2v) is 6.87. The van der Waals surface area contributed by atoms with Crippen LogP contribution in [0.3, 0.4) is 0 Å². The minimum atomic E-state index is -0.0417. The Morgan fingerprint density at radius 1 is 1.07 bits per heavy atom. The molecule has 0 bridgehead atoms. The van der Waals surface area contributed by atoms with Gasteiger partial charge in [-0.2, -0.15) is 11.3 Å². The van der Waals surface area contributed by atoms with Gasteiger partial charge in [-0.05, 0) is 59.9 Å². The number of nitrogens with one attached hydrogen (secondary N) is 3. The molecule has 1 aromatic carbocycles. The summed E-state index contributed by atoms with van der Waals surface area (Å²) < 4.78 is 0. The molecular weight excluding hydrogens is 471 g/mol. The molecular formula is C20H29IN4OS. The van der Waals surface area contributed by atoms with Gasteiger partial charge in [0.05, 0.1) is 6.54 Å². The maximum Gasteiger partial charge on any atom is 0.251 e. The highest BCUT2D eigenvalue weighted by molar-refractivity contribution is 14.0. The van der Waals surface area contributed by atoms with E-state index >= 15 is 0 Å². The fraction of sp³-hybridized carbons (Fsp3) is 0.400. The molecule has 0 saturated carbocycles. The van der Waals surface area contributed by atoms with E-state index < -0.39 is 0 Å². The van der Waals surface area contributed by atoms with Crippen LogP contribution in [-0.2, 0) is 6.54 Å². The molecule has 1 unspecified atom stereocenters. The molecule has 0 radical (unpaired) electrons. The van der Waals surface area contributed by atoms with Gasteiger partial charge in [-0.25, -0.2) is 4.99 Å². The summed E-state index contributed by atoms with van der Waals surface area (Å²) in [7, 11) is 0. The van der Waals surface area contributed by atoms with Crippen molar-refractivity contribution in [3.63, 3.8) is 0 Å². The van der Waals surface area contributed by atoms with Gasteiger partial charge in [0.25, 0.3) is 5.91 Å². The van der Waals surface area contributed by atoms with Crippen LogP contribution in [0, 0.1) is 0 Å². The molecule has 5 nitrogen and oxygen atoms in total. The molecule has 0 spiro atoms. The Morgan fingerprint density at radius 2 is 1.78 bits per heavy atom. The second kappa shape index (κ2) is 12.7. The molecule has 1 atom stereocenters. The van der Waals surface area contributed by atoms with E-state index in [-0.39, 0.29) is 29.9 Å². The van der Waals surface area contributed by atoms with Gasteiger partial charge in [0, 0.05) is 25.2 Å². The summed E-state index contributed by atoms with van der Waals surface area (Å²) in [5, 5.41) is 13.8. The van der Waals surface area contributed by atoms with Crippen molar-refractivity contribution in [2.45, 2.75) is 33.2 Å². The molecule has 3 N–H and O–H groups in total. The van der Waals surface area contributed by atoms with E-state index in [1.54, 1.807) is 11.3 Å². The zero-order chi connectivity index (χ0) is 18.8. The van der Waals surface area contributed by atoms with E-state index in [1.165, 1.54) is 5.56 Å². The molecule has 0 aliphatic carbocycles. The minimum Gasteiger partial charge on any atom is -0.357 e. The number of guanidine groups is 1. The molecule has 2 rings (SSSR count). The Labute approximate surface area is 183 Å². The summed E-state index contributed by atoms with van der Waals surface area (Å²) >= 11 is 1.72. The van der Waals surface area contributed by atoms with Crippen LogP contribution in [0.4, 0.5) is 0 Å². The summed E-state index contributed by atoms with van der Waals surface area (Å²) in [4.78, 5) is 16.4. The molecule has 0 fully saturated rings. The van der Waals surface area contributed by atoms with Gasteiger partial charge < -0.3 is 16.0 Å². The van der Waals surface area contributed by atoms with Crippen LogP contribution in [0.25, 0.3) is 0 Å². The van der Waals surface area contributed by atoms with Gasteiger partial charge in [-0.1, -0.05) is 19.1 Å². The number of amides is 1. The molecule has 0 aliphatic rings. The van der Waals surface area contributed by atoms with Gasteiger partial charge in [0.2, 0.25) is 0 Å². The topological polar surface area (TPSA) is 65.5 Å². The van der Waals surface area contributed by atoms with Crippen LogP contribution in [0.1, 0.15) is 48.2 Å². The van der Waals surface area contributed by atoms with Crippen LogP contribution in [0.2, 0.25) is 0 Å². The lowest BCUT2D eigenvalue weighted by Crippen LogP contribution is -2.39. The monoisotopic (exact) mass is 500 g/mol. The molecule has 1 aromatic heterocycles. The normalized spacial score (nSPS) is 12.0. The molecule has 27 heavy (non-hydrogen) atoms. The quantitative estimate of drug-likeness (QED) is 0.292. The summed E-state index contributed by atoms with van der Waals surface area (Å²) in [5.74, 6) is 1.20. The Kier molecular flexibility index (Phi) is 11.0. The summed E-state index contributed by atoms with van der Waals surface area (Å²) in [6, 6.07) is 9.75. The third kappa shape index (κ3) is 7.88. The van der Waals surface area contributed by atoms with E-state index in [9.17, 15) is 4.79 Å². The summed E-state index contributed by atoms with van der Waals surface area (Å²) in [6.45, 7) is 9.02. The number of halogens is 1. The number of carbonyl (C=O) groups is 1. The van der Waals surface area contributed by atoms with Gasteiger partial charge >= 0.3 is 0 Å². The molecule has 0 aliphatic heterocycles. The maximum absolute atomic E-state index is 11.8. The molecule has 0 saturated heterocycles.